The van der Waals surface area contributed by atoms with E-state index in [1.165, 1.54) is 11.9 Å². The molecule has 0 spiro atoms. The number of carbonyl (C=O) groups is 2. The fraction of sp³-hybridized carbons (Fsp3) is 0.500. The lowest BCUT2D eigenvalue weighted by Crippen LogP contribution is -2.51. The third-order valence-electron chi connectivity index (χ3n) is 4.55. The van der Waals surface area contributed by atoms with Crippen molar-refractivity contribution >= 4 is 21.8 Å². The molecule has 9 heteroatoms. The van der Waals surface area contributed by atoms with Gasteiger partial charge in [-0.05, 0) is 38.1 Å². The SMILES string of the molecule is CNS(=O)(=O)c1ccc(F)c(C(=O)N2CCN(C(=O)C3CC3)CC2)c1. The van der Waals surface area contributed by atoms with Crippen LogP contribution in [0.25, 0.3) is 0 Å². The van der Waals surface area contributed by atoms with E-state index >= 15 is 0 Å². The molecule has 0 bridgehead atoms. The van der Waals surface area contributed by atoms with Gasteiger partial charge in [-0.3, -0.25) is 9.59 Å². The van der Waals surface area contributed by atoms with E-state index in [1.807, 2.05) is 0 Å². The lowest BCUT2D eigenvalue weighted by atomic mass is 10.1. The lowest BCUT2D eigenvalue weighted by molar-refractivity contribution is -0.134. The Morgan fingerprint density at radius 3 is 2.28 bits per heavy atom. The van der Waals surface area contributed by atoms with Gasteiger partial charge in [0.1, 0.15) is 5.82 Å². The van der Waals surface area contributed by atoms with Gasteiger partial charge in [-0.25, -0.2) is 17.5 Å². The highest BCUT2D eigenvalue weighted by molar-refractivity contribution is 7.89. The summed E-state index contributed by atoms with van der Waals surface area (Å²) >= 11 is 0. The van der Waals surface area contributed by atoms with Crippen LogP contribution in [0.2, 0.25) is 0 Å². The predicted molar refractivity (Wildman–Crippen MR) is 87.9 cm³/mol. The van der Waals surface area contributed by atoms with Crippen molar-refractivity contribution < 1.29 is 22.4 Å². The second-order valence-corrected chi connectivity index (χ2v) is 8.13. The highest BCUT2D eigenvalue weighted by Gasteiger charge is 2.35. The number of hydrogen-bond acceptors (Lipinski definition) is 4. The number of benzene rings is 1. The van der Waals surface area contributed by atoms with E-state index in [-0.39, 0.29) is 22.3 Å². The highest BCUT2D eigenvalue weighted by atomic mass is 32.2. The molecule has 1 heterocycles. The van der Waals surface area contributed by atoms with Gasteiger partial charge in [0.05, 0.1) is 10.5 Å². The van der Waals surface area contributed by atoms with Gasteiger partial charge >= 0.3 is 0 Å². The van der Waals surface area contributed by atoms with Crippen molar-refractivity contribution in [3.05, 3.63) is 29.6 Å². The summed E-state index contributed by atoms with van der Waals surface area (Å²) in [6.07, 6.45) is 1.85. The zero-order valence-corrected chi connectivity index (χ0v) is 14.7. The molecule has 1 N–H and O–H groups in total. The minimum absolute atomic E-state index is 0.125. The van der Waals surface area contributed by atoms with Crippen LogP contribution in [-0.4, -0.2) is 63.3 Å². The van der Waals surface area contributed by atoms with Crippen molar-refractivity contribution in [2.45, 2.75) is 17.7 Å². The predicted octanol–water partition coefficient (Wildman–Crippen LogP) is 0.428. The number of sulfonamides is 1. The number of nitrogens with one attached hydrogen (secondary N) is 1. The van der Waals surface area contributed by atoms with Crippen molar-refractivity contribution in [2.75, 3.05) is 33.2 Å². The lowest BCUT2D eigenvalue weighted by Gasteiger charge is -2.35. The molecule has 0 radical (unpaired) electrons. The summed E-state index contributed by atoms with van der Waals surface area (Å²) < 4.78 is 39.9. The van der Waals surface area contributed by atoms with Crippen molar-refractivity contribution in [1.29, 1.82) is 0 Å². The molecule has 0 unspecified atom stereocenters. The molecule has 1 aromatic rings. The number of carbonyl (C=O) groups excluding carboxylic acids is 2. The Kier molecular flexibility index (Phi) is 4.79. The first-order chi connectivity index (χ1) is 11.8. The number of rotatable bonds is 4. The van der Waals surface area contributed by atoms with Gasteiger partial charge in [-0.2, -0.15) is 0 Å². The second kappa shape index (κ2) is 6.72. The van der Waals surface area contributed by atoms with Gasteiger partial charge in [-0.15, -0.1) is 0 Å². The monoisotopic (exact) mass is 369 g/mol. The van der Waals surface area contributed by atoms with Crippen molar-refractivity contribution in [3.8, 4) is 0 Å². The topological polar surface area (TPSA) is 86.8 Å². The van der Waals surface area contributed by atoms with Gasteiger partial charge in [0.2, 0.25) is 15.9 Å². The maximum Gasteiger partial charge on any atom is 0.256 e. The van der Waals surface area contributed by atoms with Gasteiger partial charge in [0.25, 0.3) is 5.91 Å². The summed E-state index contributed by atoms with van der Waals surface area (Å²) in [5, 5.41) is 0. The van der Waals surface area contributed by atoms with Crippen molar-refractivity contribution in [1.82, 2.24) is 14.5 Å². The Morgan fingerprint density at radius 1 is 1.12 bits per heavy atom. The van der Waals surface area contributed by atoms with E-state index in [4.69, 9.17) is 0 Å². The Labute approximate surface area is 145 Å². The summed E-state index contributed by atoms with van der Waals surface area (Å²) in [4.78, 5) is 27.6. The normalized spacial score (nSPS) is 18.3. The first-order valence-electron chi connectivity index (χ1n) is 8.14. The van der Waals surface area contributed by atoms with Gasteiger partial charge in [-0.1, -0.05) is 0 Å². The van der Waals surface area contributed by atoms with E-state index in [9.17, 15) is 22.4 Å². The van der Waals surface area contributed by atoms with Crippen LogP contribution in [-0.2, 0) is 14.8 Å². The van der Waals surface area contributed by atoms with Gasteiger partial charge in [0.15, 0.2) is 0 Å². The summed E-state index contributed by atoms with van der Waals surface area (Å²) in [6, 6.07) is 3.14. The molecule has 136 valence electrons. The Bertz CT molecular complexity index is 800. The third-order valence-corrected chi connectivity index (χ3v) is 5.96. The molecule has 7 nitrogen and oxygen atoms in total. The zero-order chi connectivity index (χ0) is 18.2. The van der Waals surface area contributed by atoms with Crippen LogP contribution in [0.4, 0.5) is 4.39 Å². The van der Waals surface area contributed by atoms with Crippen molar-refractivity contribution in [3.63, 3.8) is 0 Å². The van der Waals surface area contributed by atoms with Gasteiger partial charge in [0, 0.05) is 32.1 Å². The molecule has 1 aliphatic heterocycles. The summed E-state index contributed by atoms with van der Waals surface area (Å²) in [7, 11) is -2.52. The summed E-state index contributed by atoms with van der Waals surface area (Å²) in [5.41, 5.74) is -0.279. The maximum atomic E-state index is 14.1. The summed E-state index contributed by atoms with van der Waals surface area (Å²) in [5.74, 6) is -1.08. The Morgan fingerprint density at radius 2 is 1.72 bits per heavy atom. The smallest absolute Gasteiger partial charge is 0.256 e. The van der Waals surface area contributed by atoms with Crippen LogP contribution in [0.5, 0.6) is 0 Å². The number of halogens is 1. The number of amides is 2. The fourth-order valence-corrected chi connectivity index (χ4v) is 3.60. The average molecular weight is 369 g/mol. The van der Waals surface area contributed by atoms with Crippen molar-refractivity contribution in [2.24, 2.45) is 5.92 Å². The molecular weight excluding hydrogens is 349 g/mol. The fourth-order valence-electron chi connectivity index (χ4n) is 2.84. The van der Waals surface area contributed by atoms with E-state index in [0.717, 1.165) is 31.0 Å². The van der Waals surface area contributed by atoms with Crippen LogP contribution in [0.15, 0.2) is 23.1 Å². The minimum atomic E-state index is -3.76. The standard InChI is InChI=1S/C16H20FN3O4S/c1-18-25(23,24)12-4-5-14(17)13(10-12)16(22)20-8-6-19(7-9-20)15(21)11-2-3-11/h4-5,10-11,18H,2-3,6-9H2,1H3. The molecule has 1 aliphatic carbocycles. The Hall–Kier alpha value is -2.00. The van der Waals surface area contributed by atoms with Crippen LogP contribution >= 0.6 is 0 Å². The number of hydrogen-bond donors (Lipinski definition) is 1. The van der Waals surface area contributed by atoms with Crippen LogP contribution in [0, 0.1) is 11.7 Å². The molecule has 1 saturated carbocycles. The molecule has 2 amide bonds. The van der Waals surface area contributed by atoms with E-state index in [1.54, 1.807) is 4.90 Å². The quantitative estimate of drug-likeness (QED) is 0.834. The van der Waals surface area contributed by atoms with Crippen LogP contribution < -0.4 is 4.72 Å². The number of piperazine rings is 1. The van der Waals surface area contributed by atoms with E-state index < -0.39 is 21.7 Å². The largest absolute Gasteiger partial charge is 0.339 e. The maximum absolute atomic E-state index is 14.1. The molecule has 0 atom stereocenters. The molecule has 3 rings (SSSR count). The summed E-state index contributed by atoms with van der Waals surface area (Å²) in [6.45, 7) is 1.44. The molecule has 1 saturated heterocycles. The molecule has 2 aliphatic rings. The first kappa shape index (κ1) is 17.8. The highest BCUT2D eigenvalue weighted by Crippen LogP contribution is 2.31. The van der Waals surface area contributed by atoms with E-state index in [2.05, 4.69) is 4.72 Å². The first-order valence-corrected chi connectivity index (χ1v) is 9.63. The molecule has 1 aromatic carbocycles. The molecule has 25 heavy (non-hydrogen) atoms. The average Bonchev–Trinajstić information content (AvgIpc) is 3.46. The van der Waals surface area contributed by atoms with Gasteiger partial charge < -0.3 is 9.80 Å². The third kappa shape index (κ3) is 3.67. The second-order valence-electron chi connectivity index (χ2n) is 6.24. The molecule has 0 aromatic heterocycles. The van der Waals surface area contributed by atoms with Crippen LogP contribution in [0.1, 0.15) is 23.2 Å². The number of nitrogens with zero attached hydrogens (tertiary/aromatic N) is 2. The van der Waals surface area contributed by atoms with E-state index in [0.29, 0.717) is 26.2 Å². The minimum Gasteiger partial charge on any atom is -0.339 e. The van der Waals surface area contributed by atoms with Crippen LogP contribution in [0.3, 0.4) is 0 Å². The molecular formula is C16H20FN3O4S. The molecule has 2 fully saturated rings. The zero-order valence-electron chi connectivity index (χ0n) is 13.9. The Balaban J connectivity index is 1.73.